The first-order valence-electron chi connectivity index (χ1n) is 3.90. The Morgan fingerprint density at radius 3 is 2.56 bits per heavy atom. The molecule has 0 aliphatic heterocycles. The monoisotopic (exact) mass is 255 g/mol. The smallest absolute Gasteiger partial charge is 0.405 e. The summed E-state index contributed by atoms with van der Waals surface area (Å²) in [7, 11) is 0. The molecule has 0 saturated carbocycles. The zero-order chi connectivity index (χ0) is 12.3. The number of halogens is 4. The summed E-state index contributed by atoms with van der Waals surface area (Å²) in [5.41, 5.74) is -1.43. The van der Waals surface area contributed by atoms with E-state index in [1.807, 2.05) is 4.98 Å². The maximum Gasteiger partial charge on any atom is 0.573 e. The molecule has 0 atom stereocenters. The highest BCUT2D eigenvalue weighted by atomic mass is 35.5. The number of hydrogen-bond acceptors (Lipinski definition) is 3. The van der Waals surface area contributed by atoms with Crippen molar-refractivity contribution in [2.24, 2.45) is 0 Å². The highest BCUT2D eigenvalue weighted by molar-refractivity contribution is 6.17. The molecule has 1 rings (SSSR count). The molecule has 8 heteroatoms. The lowest BCUT2D eigenvalue weighted by Gasteiger charge is -2.12. The fourth-order valence-corrected chi connectivity index (χ4v) is 1.31. The highest BCUT2D eigenvalue weighted by Crippen LogP contribution is 2.27. The van der Waals surface area contributed by atoms with Crippen LogP contribution in [0.3, 0.4) is 0 Å². The Labute approximate surface area is 92.0 Å². The molecule has 0 saturated heterocycles. The highest BCUT2D eigenvalue weighted by Gasteiger charge is 2.32. The Morgan fingerprint density at radius 2 is 2.12 bits per heavy atom. The summed E-state index contributed by atoms with van der Waals surface area (Å²) in [6.45, 7) is 0. The number of H-pyrrole nitrogens is 1. The van der Waals surface area contributed by atoms with Crippen LogP contribution in [0, 0.1) is 0 Å². The zero-order valence-electron chi connectivity index (χ0n) is 7.60. The van der Waals surface area contributed by atoms with Crippen molar-refractivity contribution in [2.45, 2.75) is 12.2 Å². The number of alkyl halides is 4. The van der Waals surface area contributed by atoms with E-state index in [0.29, 0.717) is 6.07 Å². The van der Waals surface area contributed by atoms with Gasteiger partial charge in [0.15, 0.2) is 6.29 Å². The fourth-order valence-electron chi connectivity index (χ4n) is 1.04. The number of aromatic amines is 1. The topological polar surface area (TPSA) is 59.2 Å². The lowest BCUT2D eigenvalue weighted by Crippen LogP contribution is -2.21. The fraction of sp³-hybridized carbons (Fsp3) is 0.250. The van der Waals surface area contributed by atoms with Crippen LogP contribution in [-0.2, 0) is 5.88 Å². The molecule has 88 valence electrons. The van der Waals surface area contributed by atoms with E-state index in [-0.39, 0.29) is 17.5 Å². The summed E-state index contributed by atoms with van der Waals surface area (Å²) in [6, 6.07) is 0.582. The molecular formula is C8H5ClF3NO3. The number of rotatable bonds is 3. The summed E-state index contributed by atoms with van der Waals surface area (Å²) < 4.78 is 39.5. The van der Waals surface area contributed by atoms with Gasteiger partial charge in [-0.05, 0) is 0 Å². The maximum atomic E-state index is 12.0. The number of carbonyl (C=O) groups excluding carboxylic acids is 1. The van der Waals surface area contributed by atoms with Crippen molar-refractivity contribution in [1.82, 2.24) is 4.98 Å². The van der Waals surface area contributed by atoms with Gasteiger partial charge in [0.2, 0.25) is 0 Å². The van der Waals surface area contributed by atoms with E-state index in [4.69, 9.17) is 11.6 Å². The predicted octanol–water partition coefficient (Wildman–Crippen LogP) is 1.82. The van der Waals surface area contributed by atoms with Crippen LogP contribution >= 0.6 is 11.6 Å². The van der Waals surface area contributed by atoms with Gasteiger partial charge in [-0.15, -0.1) is 24.8 Å². The number of nitrogens with one attached hydrogen (secondary N) is 1. The van der Waals surface area contributed by atoms with E-state index in [1.165, 1.54) is 0 Å². The lowest BCUT2D eigenvalue weighted by atomic mass is 10.2. The number of hydrogen-bond donors (Lipinski definition) is 1. The molecule has 1 heterocycles. The minimum Gasteiger partial charge on any atom is -0.405 e. The minimum absolute atomic E-state index is 0.197. The second-order valence-electron chi connectivity index (χ2n) is 2.69. The largest absolute Gasteiger partial charge is 0.573 e. The summed E-state index contributed by atoms with van der Waals surface area (Å²) in [5.74, 6) is -1.16. The number of ether oxygens (including phenoxy) is 1. The van der Waals surface area contributed by atoms with Gasteiger partial charge in [-0.2, -0.15) is 0 Å². The molecule has 1 N–H and O–H groups in total. The van der Waals surface area contributed by atoms with Crippen molar-refractivity contribution >= 4 is 17.9 Å². The van der Waals surface area contributed by atoms with Crippen LogP contribution in [0.4, 0.5) is 13.2 Å². The van der Waals surface area contributed by atoms with Crippen LogP contribution in [0.5, 0.6) is 5.75 Å². The average molecular weight is 256 g/mol. The van der Waals surface area contributed by atoms with Gasteiger partial charge in [0.05, 0.1) is 11.6 Å². The van der Waals surface area contributed by atoms with Crippen LogP contribution in [-0.4, -0.2) is 17.6 Å². The minimum atomic E-state index is -4.95. The molecule has 4 nitrogen and oxygen atoms in total. The molecule has 0 bridgehead atoms. The molecule has 0 aliphatic carbocycles. The Bertz CT molecular complexity index is 455. The molecular weight excluding hydrogens is 251 g/mol. The molecule has 1 aromatic rings. The third-order valence-corrected chi connectivity index (χ3v) is 1.89. The van der Waals surface area contributed by atoms with Gasteiger partial charge in [-0.1, -0.05) is 0 Å². The van der Waals surface area contributed by atoms with Gasteiger partial charge in [-0.3, -0.25) is 9.59 Å². The molecule has 16 heavy (non-hydrogen) atoms. The second-order valence-corrected chi connectivity index (χ2v) is 2.96. The van der Waals surface area contributed by atoms with Crippen molar-refractivity contribution in [3.05, 3.63) is 27.7 Å². The van der Waals surface area contributed by atoms with E-state index in [9.17, 15) is 22.8 Å². The first-order valence-corrected chi connectivity index (χ1v) is 4.44. The molecule has 0 aliphatic rings. The van der Waals surface area contributed by atoms with E-state index in [0.717, 1.165) is 0 Å². The van der Waals surface area contributed by atoms with Crippen LogP contribution in [0.1, 0.15) is 16.1 Å². The standard InChI is InChI=1S/C8H5ClF3NO3/c9-2-4-5(3-14)13-7(15)1-6(4)16-8(10,11)12/h1,3H,2H2,(H,13,15). The van der Waals surface area contributed by atoms with Gasteiger partial charge in [0.25, 0.3) is 5.56 Å². The van der Waals surface area contributed by atoms with Crippen molar-refractivity contribution in [2.75, 3.05) is 0 Å². The Morgan fingerprint density at radius 1 is 1.50 bits per heavy atom. The van der Waals surface area contributed by atoms with Crippen LogP contribution < -0.4 is 10.3 Å². The van der Waals surface area contributed by atoms with Gasteiger partial charge < -0.3 is 9.72 Å². The average Bonchev–Trinajstić information content (AvgIpc) is 2.14. The zero-order valence-corrected chi connectivity index (χ0v) is 8.35. The summed E-state index contributed by atoms with van der Waals surface area (Å²) in [6.07, 6.45) is -4.75. The number of aromatic nitrogens is 1. The number of carbonyl (C=O) groups is 1. The molecule has 1 aromatic heterocycles. The number of pyridine rings is 1. The Kier molecular flexibility index (Phi) is 3.58. The van der Waals surface area contributed by atoms with E-state index >= 15 is 0 Å². The first kappa shape index (κ1) is 12.6. The molecule has 0 amide bonds. The predicted molar refractivity (Wildman–Crippen MR) is 48.7 cm³/mol. The van der Waals surface area contributed by atoms with E-state index in [1.54, 1.807) is 0 Å². The van der Waals surface area contributed by atoms with Crippen LogP contribution in [0.2, 0.25) is 0 Å². The molecule has 0 spiro atoms. The third-order valence-electron chi connectivity index (χ3n) is 1.62. The van der Waals surface area contributed by atoms with Crippen LogP contribution in [0.15, 0.2) is 10.9 Å². The van der Waals surface area contributed by atoms with E-state index in [2.05, 4.69) is 4.74 Å². The quantitative estimate of drug-likeness (QED) is 0.662. The third kappa shape index (κ3) is 2.99. The van der Waals surface area contributed by atoms with Gasteiger partial charge >= 0.3 is 6.36 Å². The summed E-state index contributed by atoms with van der Waals surface area (Å²) in [4.78, 5) is 23.5. The Balaban J connectivity index is 3.31. The van der Waals surface area contributed by atoms with Gasteiger partial charge in [0, 0.05) is 11.6 Å². The lowest BCUT2D eigenvalue weighted by molar-refractivity contribution is -0.274. The van der Waals surface area contributed by atoms with Crippen molar-refractivity contribution < 1.29 is 22.7 Å². The van der Waals surface area contributed by atoms with Crippen molar-refractivity contribution in [3.8, 4) is 5.75 Å². The van der Waals surface area contributed by atoms with Gasteiger partial charge in [0.1, 0.15) is 5.75 Å². The number of aldehydes is 1. The van der Waals surface area contributed by atoms with Crippen molar-refractivity contribution in [1.29, 1.82) is 0 Å². The summed E-state index contributed by atoms with van der Waals surface area (Å²) in [5, 5.41) is 0. The Hall–Kier alpha value is -1.50. The maximum absolute atomic E-state index is 12.0. The molecule has 0 fully saturated rings. The first-order chi connectivity index (χ1) is 7.37. The SMILES string of the molecule is O=Cc1[nH]c(=O)cc(OC(F)(F)F)c1CCl. The van der Waals surface area contributed by atoms with Gasteiger partial charge in [-0.25, -0.2) is 0 Å². The second kappa shape index (κ2) is 4.56. The molecule has 0 radical (unpaired) electrons. The van der Waals surface area contributed by atoms with E-state index < -0.39 is 23.6 Å². The van der Waals surface area contributed by atoms with Crippen molar-refractivity contribution in [3.63, 3.8) is 0 Å². The van der Waals surface area contributed by atoms with Crippen LogP contribution in [0.25, 0.3) is 0 Å². The summed E-state index contributed by atoms with van der Waals surface area (Å²) >= 11 is 5.37. The normalized spacial score (nSPS) is 11.2. The molecule has 0 unspecified atom stereocenters. The molecule has 0 aromatic carbocycles.